The van der Waals surface area contributed by atoms with E-state index in [2.05, 4.69) is 14.9 Å². The second kappa shape index (κ2) is 5.17. The highest BCUT2D eigenvalue weighted by Gasteiger charge is 2.24. The van der Waals surface area contributed by atoms with Crippen LogP contribution in [0, 0.1) is 5.82 Å². The fourth-order valence-electron chi connectivity index (χ4n) is 2.83. The molecule has 0 aliphatic carbocycles. The van der Waals surface area contributed by atoms with Gasteiger partial charge in [0.25, 0.3) is 0 Å². The van der Waals surface area contributed by atoms with Crippen molar-refractivity contribution >= 4 is 17.0 Å². The first-order valence-electron chi connectivity index (χ1n) is 6.80. The van der Waals surface area contributed by atoms with Crippen LogP contribution in [0.4, 0.5) is 10.3 Å². The minimum Gasteiger partial charge on any atom is -0.396 e. The van der Waals surface area contributed by atoms with Crippen molar-refractivity contribution < 1.29 is 9.50 Å². The van der Waals surface area contributed by atoms with Gasteiger partial charge >= 0.3 is 0 Å². The van der Waals surface area contributed by atoms with Gasteiger partial charge in [0.05, 0.1) is 11.0 Å². The number of rotatable bonds is 3. The molecular formula is C14H18FN3O. The molecular weight excluding hydrogens is 245 g/mol. The van der Waals surface area contributed by atoms with Crippen molar-refractivity contribution in [3.05, 3.63) is 24.0 Å². The van der Waals surface area contributed by atoms with Gasteiger partial charge in [-0.25, -0.2) is 9.37 Å². The highest BCUT2D eigenvalue weighted by molar-refractivity contribution is 5.77. The van der Waals surface area contributed by atoms with E-state index < -0.39 is 0 Å². The molecule has 1 aromatic carbocycles. The molecule has 3 rings (SSSR count). The lowest BCUT2D eigenvalue weighted by molar-refractivity contribution is 0.262. The molecule has 0 radical (unpaired) electrons. The molecule has 0 bridgehead atoms. The van der Waals surface area contributed by atoms with Gasteiger partial charge < -0.3 is 15.0 Å². The lowest BCUT2D eigenvalue weighted by Crippen LogP contribution is -2.40. The summed E-state index contributed by atoms with van der Waals surface area (Å²) in [5.74, 6) is 0.534. The van der Waals surface area contributed by atoms with Gasteiger partial charge in [-0.1, -0.05) is 0 Å². The average Bonchev–Trinajstić information content (AvgIpc) is 2.82. The summed E-state index contributed by atoms with van der Waals surface area (Å²) in [4.78, 5) is 9.93. The third-order valence-corrected chi connectivity index (χ3v) is 3.79. The molecule has 2 aromatic rings. The smallest absolute Gasteiger partial charge is 0.204 e. The quantitative estimate of drug-likeness (QED) is 0.894. The summed E-state index contributed by atoms with van der Waals surface area (Å²) in [6.07, 6.45) is 4.15. The highest BCUT2D eigenvalue weighted by atomic mass is 19.1. The number of aliphatic hydroxyl groups excluding tert-OH is 1. The van der Waals surface area contributed by atoms with Crippen LogP contribution in [0.3, 0.4) is 0 Å². The Morgan fingerprint density at radius 3 is 3.16 bits per heavy atom. The van der Waals surface area contributed by atoms with Crippen molar-refractivity contribution in [3.63, 3.8) is 0 Å². The summed E-state index contributed by atoms with van der Waals surface area (Å²) in [7, 11) is 0. The van der Waals surface area contributed by atoms with Crippen LogP contribution in [0.5, 0.6) is 0 Å². The maximum Gasteiger partial charge on any atom is 0.204 e. The van der Waals surface area contributed by atoms with E-state index in [9.17, 15) is 4.39 Å². The number of aromatic nitrogens is 2. The number of fused-ring (bicyclic) bond motifs is 1. The number of aromatic amines is 1. The Labute approximate surface area is 111 Å². The summed E-state index contributed by atoms with van der Waals surface area (Å²) in [5, 5.41) is 9.15. The summed E-state index contributed by atoms with van der Waals surface area (Å²) < 4.78 is 13.2. The van der Waals surface area contributed by atoms with Gasteiger partial charge in [0, 0.05) is 19.2 Å². The predicted octanol–water partition coefficient (Wildman–Crippen LogP) is 2.44. The Hall–Kier alpha value is -1.62. The van der Waals surface area contributed by atoms with Gasteiger partial charge in [-0.15, -0.1) is 0 Å². The number of nitrogens with one attached hydrogen (secondary N) is 1. The maximum absolute atomic E-state index is 13.2. The molecule has 1 aromatic heterocycles. The molecule has 1 atom stereocenters. The van der Waals surface area contributed by atoms with Gasteiger partial charge in [0.1, 0.15) is 5.82 Å². The number of hydrogen-bond donors (Lipinski definition) is 2. The summed E-state index contributed by atoms with van der Waals surface area (Å²) >= 11 is 0. The molecule has 4 nitrogen and oxygen atoms in total. The zero-order chi connectivity index (χ0) is 13.2. The van der Waals surface area contributed by atoms with E-state index in [-0.39, 0.29) is 12.4 Å². The molecule has 1 aliphatic rings. The first kappa shape index (κ1) is 12.4. The van der Waals surface area contributed by atoms with Crippen molar-refractivity contribution in [1.82, 2.24) is 9.97 Å². The largest absolute Gasteiger partial charge is 0.396 e. The van der Waals surface area contributed by atoms with E-state index in [1.54, 1.807) is 6.07 Å². The van der Waals surface area contributed by atoms with E-state index >= 15 is 0 Å². The Kier molecular flexibility index (Phi) is 3.38. The Bertz CT molecular complexity index is 567. The molecule has 1 aliphatic heterocycles. The minimum absolute atomic E-state index is 0.190. The van der Waals surface area contributed by atoms with Crippen LogP contribution in [0.1, 0.15) is 25.7 Å². The van der Waals surface area contributed by atoms with Crippen molar-refractivity contribution in [2.75, 3.05) is 18.1 Å². The molecule has 2 N–H and O–H groups in total. The third kappa shape index (κ3) is 2.42. The number of piperidine rings is 1. The molecule has 0 spiro atoms. The molecule has 2 heterocycles. The van der Waals surface area contributed by atoms with Crippen molar-refractivity contribution in [3.8, 4) is 0 Å². The number of aliphatic hydroxyl groups is 1. The predicted molar refractivity (Wildman–Crippen MR) is 72.7 cm³/mol. The lowest BCUT2D eigenvalue weighted by Gasteiger charge is -2.35. The number of anilines is 1. The second-order valence-corrected chi connectivity index (χ2v) is 5.08. The number of H-pyrrole nitrogens is 1. The molecule has 1 saturated heterocycles. The lowest BCUT2D eigenvalue weighted by atomic mass is 10.0. The molecule has 0 amide bonds. The van der Waals surface area contributed by atoms with E-state index in [4.69, 9.17) is 5.11 Å². The number of halogens is 1. The van der Waals surface area contributed by atoms with Gasteiger partial charge in [-0.3, -0.25) is 0 Å². The van der Waals surface area contributed by atoms with Crippen molar-refractivity contribution in [2.45, 2.75) is 31.7 Å². The maximum atomic E-state index is 13.2. The summed E-state index contributed by atoms with van der Waals surface area (Å²) in [6, 6.07) is 4.91. The number of imidazole rings is 1. The molecule has 1 unspecified atom stereocenters. The van der Waals surface area contributed by atoms with Crippen LogP contribution in [-0.2, 0) is 0 Å². The van der Waals surface area contributed by atoms with Crippen molar-refractivity contribution in [1.29, 1.82) is 0 Å². The third-order valence-electron chi connectivity index (χ3n) is 3.79. The highest BCUT2D eigenvalue weighted by Crippen LogP contribution is 2.26. The summed E-state index contributed by atoms with van der Waals surface area (Å²) in [5.41, 5.74) is 1.51. The van der Waals surface area contributed by atoms with Crippen LogP contribution in [-0.4, -0.2) is 34.3 Å². The fourth-order valence-corrected chi connectivity index (χ4v) is 2.83. The Morgan fingerprint density at radius 1 is 1.42 bits per heavy atom. The van der Waals surface area contributed by atoms with Crippen LogP contribution in [0.25, 0.3) is 11.0 Å². The standard InChI is InChI=1S/C14H18FN3O/c15-10-4-5-12-13(9-10)17-14(16-12)18-7-2-1-3-11(18)6-8-19/h4-5,9,11,19H,1-3,6-8H2,(H,16,17). The van der Waals surface area contributed by atoms with E-state index in [1.807, 2.05) is 0 Å². The van der Waals surface area contributed by atoms with Crippen LogP contribution in [0.2, 0.25) is 0 Å². The number of benzene rings is 1. The zero-order valence-corrected chi connectivity index (χ0v) is 10.8. The second-order valence-electron chi connectivity index (χ2n) is 5.08. The monoisotopic (exact) mass is 263 g/mol. The topological polar surface area (TPSA) is 52.1 Å². The van der Waals surface area contributed by atoms with Crippen LogP contribution in [0.15, 0.2) is 18.2 Å². The van der Waals surface area contributed by atoms with Crippen LogP contribution >= 0.6 is 0 Å². The van der Waals surface area contributed by atoms with E-state index in [0.717, 1.165) is 42.8 Å². The number of hydrogen-bond acceptors (Lipinski definition) is 3. The molecule has 5 heteroatoms. The number of nitrogens with zero attached hydrogens (tertiary/aromatic N) is 2. The molecule has 0 saturated carbocycles. The SMILES string of the molecule is OCCC1CCCCN1c1nc2ccc(F)cc2[nH]1. The van der Waals surface area contributed by atoms with Crippen LogP contribution < -0.4 is 4.90 Å². The molecule has 1 fully saturated rings. The first-order chi connectivity index (χ1) is 9.28. The van der Waals surface area contributed by atoms with Crippen molar-refractivity contribution in [2.24, 2.45) is 0 Å². The zero-order valence-electron chi connectivity index (χ0n) is 10.8. The fraction of sp³-hybridized carbons (Fsp3) is 0.500. The van der Waals surface area contributed by atoms with Gasteiger partial charge in [0.15, 0.2) is 0 Å². The summed E-state index contributed by atoms with van der Waals surface area (Å²) in [6.45, 7) is 1.13. The normalized spacial score (nSPS) is 20.1. The first-order valence-corrected chi connectivity index (χ1v) is 6.80. The minimum atomic E-state index is -0.256. The van der Waals surface area contributed by atoms with E-state index in [0.29, 0.717) is 6.04 Å². The Balaban J connectivity index is 1.92. The average molecular weight is 263 g/mol. The van der Waals surface area contributed by atoms with E-state index in [1.165, 1.54) is 18.6 Å². The van der Waals surface area contributed by atoms with Gasteiger partial charge in [0.2, 0.25) is 5.95 Å². The van der Waals surface area contributed by atoms with Gasteiger partial charge in [-0.2, -0.15) is 0 Å². The molecule has 19 heavy (non-hydrogen) atoms. The molecule has 102 valence electrons. The van der Waals surface area contributed by atoms with Gasteiger partial charge in [-0.05, 0) is 43.9 Å². The Morgan fingerprint density at radius 2 is 2.32 bits per heavy atom.